The Labute approximate surface area is 123 Å². The third-order valence-corrected chi connectivity index (χ3v) is 4.30. The zero-order chi connectivity index (χ0) is 14.0. The summed E-state index contributed by atoms with van der Waals surface area (Å²) in [5.41, 5.74) is 0.781. The van der Waals surface area contributed by atoms with E-state index in [1.165, 1.54) is 0 Å². The van der Waals surface area contributed by atoms with E-state index in [2.05, 4.69) is 46.9 Å². The minimum atomic E-state index is -0.122. The highest BCUT2D eigenvalue weighted by molar-refractivity contribution is 9.10. The van der Waals surface area contributed by atoms with E-state index >= 15 is 0 Å². The van der Waals surface area contributed by atoms with Crippen molar-refractivity contribution in [3.63, 3.8) is 0 Å². The first-order chi connectivity index (χ1) is 8.97. The first-order valence-corrected chi connectivity index (χ1v) is 7.68. The Morgan fingerprint density at radius 3 is 2.84 bits per heavy atom. The fourth-order valence-corrected chi connectivity index (χ4v) is 3.04. The molecule has 2 nitrogen and oxygen atoms in total. The van der Waals surface area contributed by atoms with Gasteiger partial charge in [0.05, 0.1) is 0 Å². The maximum absolute atomic E-state index is 14.0. The molecule has 0 amide bonds. The third-order valence-electron chi connectivity index (χ3n) is 3.81. The standard InChI is InChI=1S/C15H22BrFN2/c1-10(2)15-7-18-11(3)8-19(15)9-12-4-5-13(16)6-14(12)17/h4-6,10-11,15,18H,7-9H2,1-3H3. The van der Waals surface area contributed by atoms with Gasteiger partial charge in [-0.25, -0.2) is 4.39 Å². The summed E-state index contributed by atoms with van der Waals surface area (Å²) in [6.07, 6.45) is 0. The molecule has 1 aliphatic rings. The lowest BCUT2D eigenvalue weighted by atomic mass is 9.98. The predicted octanol–water partition coefficient (Wildman–Crippen LogP) is 3.41. The molecule has 0 saturated carbocycles. The monoisotopic (exact) mass is 328 g/mol. The highest BCUT2D eigenvalue weighted by Gasteiger charge is 2.28. The fraction of sp³-hybridized carbons (Fsp3) is 0.600. The van der Waals surface area contributed by atoms with Crippen LogP contribution in [0.4, 0.5) is 4.39 Å². The molecule has 1 saturated heterocycles. The van der Waals surface area contributed by atoms with Gasteiger partial charge in [0, 0.05) is 41.8 Å². The highest BCUT2D eigenvalue weighted by Crippen LogP contribution is 2.21. The SMILES string of the molecule is CC1CN(Cc2ccc(Br)cc2F)C(C(C)C)CN1. The number of rotatable bonds is 3. The van der Waals surface area contributed by atoms with Gasteiger partial charge in [-0.3, -0.25) is 4.90 Å². The average molecular weight is 329 g/mol. The summed E-state index contributed by atoms with van der Waals surface area (Å²) in [6, 6.07) is 6.27. The number of benzene rings is 1. The minimum absolute atomic E-state index is 0.122. The zero-order valence-electron chi connectivity index (χ0n) is 11.8. The molecule has 4 heteroatoms. The number of hydrogen-bond donors (Lipinski definition) is 1. The molecule has 2 unspecified atom stereocenters. The molecular weight excluding hydrogens is 307 g/mol. The van der Waals surface area contributed by atoms with Crippen LogP contribution in [0.2, 0.25) is 0 Å². The van der Waals surface area contributed by atoms with Crippen molar-refractivity contribution in [3.05, 3.63) is 34.1 Å². The van der Waals surface area contributed by atoms with Gasteiger partial charge in [0.1, 0.15) is 5.82 Å². The molecular formula is C15H22BrFN2. The molecule has 1 heterocycles. The molecule has 2 atom stereocenters. The van der Waals surface area contributed by atoms with Crippen LogP contribution in [0.25, 0.3) is 0 Å². The van der Waals surface area contributed by atoms with E-state index < -0.39 is 0 Å². The fourth-order valence-electron chi connectivity index (χ4n) is 2.71. The van der Waals surface area contributed by atoms with Crippen LogP contribution in [0.3, 0.4) is 0 Å². The van der Waals surface area contributed by atoms with Crippen molar-refractivity contribution in [2.24, 2.45) is 5.92 Å². The van der Waals surface area contributed by atoms with Gasteiger partial charge in [-0.1, -0.05) is 35.8 Å². The maximum Gasteiger partial charge on any atom is 0.128 e. The van der Waals surface area contributed by atoms with Gasteiger partial charge in [0.15, 0.2) is 0 Å². The van der Waals surface area contributed by atoms with Crippen molar-refractivity contribution >= 4 is 15.9 Å². The largest absolute Gasteiger partial charge is 0.311 e. The van der Waals surface area contributed by atoms with E-state index in [4.69, 9.17) is 0 Å². The van der Waals surface area contributed by atoms with Gasteiger partial charge in [-0.05, 0) is 25.0 Å². The van der Waals surface area contributed by atoms with Crippen LogP contribution in [0.15, 0.2) is 22.7 Å². The second-order valence-corrected chi connectivity index (χ2v) is 6.70. The van der Waals surface area contributed by atoms with Crippen LogP contribution in [0.5, 0.6) is 0 Å². The minimum Gasteiger partial charge on any atom is -0.311 e. The molecule has 0 spiro atoms. The van der Waals surface area contributed by atoms with Crippen LogP contribution in [0.1, 0.15) is 26.3 Å². The molecule has 0 bridgehead atoms. The molecule has 1 aliphatic heterocycles. The molecule has 19 heavy (non-hydrogen) atoms. The van der Waals surface area contributed by atoms with Crippen molar-refractivity contribution in [3.8, 4) is 0 Å². The second-order valence-electron chi connectivity index (χ2n) is 5.79. The van der Waals surface area contributed by atoms with Gasteiger partial charge in [-0.15, -0.1) is 0 Å². The van der Waals surface area contributed by atoms with E-state index in [-0.39, 0.29) is 5.82 Å². The van der Waals surface area contributed by atoms with Crippen LogP contribution in [-0.2, 0) is 6.54 Å². The Balaban J connectivity index is 2.14. The smallest absolute Gasteiger partial charge is 0.128 e. The van der Waals surface area contributed by atoms with Crippen LogP contribution < -0.4 is 5.32 Å². The van der Waals surface area contributed by atoms with Gasteiger partial charge < -0.3 is 5.32 Å². The third kappa shape index (κ3) is 3.77. The Kier molecular flexibility index (Phi) is 4.98. The summed E-state index contributed by atoms with van der Waals surface area (Å²) >= 11 is 3.30. The molecule has 0 aliphatic carbocycles. The Morgan fingerprint density at radius 2 is 2.21 bits per heavy atom. The summed E-state index contributed by atoms with van der Waals surface area (Å²) in [4.78, 5) is 2.40. The van der Waals surface area contributed by atoms with Gasteiger partial charge in [-0.2, -0.15) is 0 Å². The normalized spacial score (nSPS) is 24.9. The lowest BCUT2D eigenvalue weighted by Crippen LogP contribution is -2.56. The lowest BCUT2D eigenvalue weighted by molar-refractivity contribution is 0.0944. The predicted molar refractivity (Wildman–Crippen MR) is 80.6 cm³/mol. The first-order valence-electron chi connectivity index (χ1n) is 6.88. The maximum atomic E-state index is 14.0. The van der Waals surface area contributed by atoms with Crippen LogP contribution in [0, 0.1) is 11.7 Å². The van der Waals surface area contributed by atoms with Crippen molar-refractivity contribution < 1.29 is 4.39 Å². The number of piperazine rings is 1. The van der Waals surface area contributed by atoms with E-state index in [0.29, 0.717) is 24.5 Å². The van der Waals surface area contributed by atoms with Crippen molar-refractivity contribution in [2.75, 3.05) is 13.1 Å². The molecule has 1 N–H and O–H groups in total. The van der Waals surface area contributed by atoms with Gasteiger partial charge in [0.2, 0.25) is 0 Å². The molecule has 1 fully saturated rings. The molecule has 0 radical (unpaired) electrons. The van der Waals surface area contributed by atoms with E-state index in [1.807, 2.05) is 12.1 Å². The van der Waals surface area contributed by atoms with Crippen molar-refractivity contribution in [2.45, 2.75) is 39.4 Å². The number of halogens is 2. The zero-order valence-corrected chi connectivity index (χ0v) is 13.4. The van der Waals surface area contributed by atoms with Crippen LogP contribution >= 0.6 is 15.9 Å². The molecule has 106 valence electrons. The summed E-state index contributed by atoms with van der Waals surface area (Å²) in [6.45, 7) is 9.28. The Morgan fingerprint density at radius 1 is 1.47 bits per heavy atom. The molecule has 1 aromatic rings. The summed E-state index contributed by atoms with van der Waals surface area (Å²) in [5.74, 6) is 0.446. The van der Waals surface area contributed by atoms with E-state index in [0.717, 1.165) is 23.1 Å². The van der Waals surface area contributed by atoms with Crippen molar-refractivity contribution in [1.82, 2.24) is 10.2 Å². The highest BCUT2D eigenvalue weighted by atomic mass is 79.9. The summed E-state index contributed by atoms with van der Waals surface area (Å²) in [7, 11) is 0. The number of hydrogen-bond acceptors (Lipinski definition) is 2. The topological polar surface area (TPSA) is 15.3 Å². The second kappa shape index (κ2) is 6.33. The molecule has 2 rings (SSSR count). The van der Waals surface area contributed by atoms with E-state index in [9.17, 15) is 4.39 Å². The first kappa shape index (κ1) is 14.9. The van der Waals surface area contributed by atoms with Gasteiger partial charge >= 0.3 is 0 Å². The molecule has 0 aromatic heterocycles. The Bertz CT molecular complexity index is 436. The molecule has 1 aromatic carbocycles. The summed E-state index contributed by atoms with van der Waals surface area (Å²) < 4.78 is 14.8. The number of nitrogens with one attached hydrogen (secondary N) is 1. The van der Waals surface area contributed by atoms with E-state index in [1.54, 1.807) is 6.07 Å². The average Bonchev–Trinajstić information content (AvgIpc) is 2.32. The van der Waals surface area contributed by atoms with Gasteiger partial charge in [0.25, 0.3) is 0 Å². The quantitative estimate of drug-likeness (QED) is 0.914. The summed E-state index contributed by atoms with van der Waals surface area (Å²) in [5, 5.41) is 3.51. The van der Waals surface area contributed by atoms with Crippen molar-refractivity contribution in [1.29, 1.82) is 0 Å². The number of nitrogens with zero attached hydrogens (tertiary/aromatic N) is 1. The van der Waals surface area contributed by atoms with Crippen LogP contribution in [-0.4, -0.2) is 30.1 Å². The lowest BCUT2D eigenvalue weighted by Gasteiger charge is -2.41. The Hall–Kier alpha value is -0.450.